The Morgan fingerprint density at radius 1 is 1.17 bits per heavy atom. The molecule has 1 amide bonds. The molecular weight excluding hydrogens is 370 g/mol. The molecule has 4 nitrogen and oxygen atoms in total. The number of aromatic nitrogens is 1. The molecule has 2 aromatic rings. The van der Waals surface area contributed by atoms with Crippen molar-refractivity contribution in [2.24, 2.45) is 11.8 Å². The highest BCUT2D eigenvalue weighted by Crippen LogP contribution is 2.39. The van der Waals surface area contributed by atoms with E-state index in [0.717, 1.165) is 41.6 Å². The molecule has 2 heterocycles. The summed E-state index contributed by atoms with van der Waals surface area (Å²) in [4.78, 5) is 19.7. The van der Waals surface area contributed by atoms with Crippen molar-refractivity contribution < 1.29 is 4.79 Å². The Hall–Kier alpha value is -2.20. The van der Waals surface area contributed by atoms with Crippen LogP contribution >= 0.6 is 0 Å². The van der Waals surface area contributed by atoms with Crippen LogP contribution in [-0.4, -0.2) is 22.3 Å². The number of pyridine rings is 1. The van der Waals surface area contributed by atoms with Crippen LogP contribution in [0, 0.1) is 18.8 Å². The summed E-state index contributed by atoms with van der Waals surface area (Å²) in [6.45, 7) is 9.31. The second-order valence-corrected chi connectivity index (χ2v) is 9.40. The second kappa shape index (κ2) is 9.30. The minimum Gasteiger partial charge on any atom is -0.346 e. The van der Waals surface area contributed by atoms with Gasteiger partial charge in [-0.15, -0.1) is 0 Å². The second-order valence-electron chi connectivity index (χ2n) is 9.40. The summed E-state index contributed by atoms with van der Waals surface area (Å²) < 4.78 is 0. The molecule has 0 spiro atoms. The van der Waals surface area contributed by atoms with Crippen LogP contribution < -0.4 is 5.32 Å². The number of nitrogens with zero attached hydrogens (tertiary/aromatic N) is 2. The Kier molecular flexibility index (Phi) is 6.52. The Morgan fingerprint density at radius 3 is 2.67 bits per heavy atom. The fourth-order valence-electron chi connectivity index (χ4n) is 5.12. The first-order valence-corrected chi connectivity index (χ1v) is 11.6. The molecule has 30 heavy (non-hydrogen) atoms. The lowest BCUT2D eigenvalue weighted by Crippen LogP contribution is -2.30. The molecular formula is C26H35N3O. The van der Waals surface area contributed by atoms with Gasteiger partial charge in [-0.1, -0.05) is 38.8 Å². The Balaban J connectivity index is 1.40. The van der Waals surface area contributed by atoms with Gasteiger partial charge in [0.25, 0.3) is 5.91 Å². The highest BCUT2D eigenvalue weighted by molar-refractivity contribution is 5.94. The van der Waals surface area contributed by atoms with Crippen LogP contribution in [0.2, 0.25) is 0 Å². The highest BCUT2D eigenvalue weighted by atomic mass is 16.1. The Morgan fingerprint density at radius 2 is 1.97 bits per heavy atom. The van der Waals surface area contributed by atoms with Gasteiger partial charge >= 0.3 is 0 Å². The van der Waals surface area contributed by atoms with Gasteiger partial charge in [0.1, 0.15) is 0 Å². The zero-order chi connectivity index (χ0) is 21.1. The van der Waals surface area contributed by atoms with Crippen LogP contribution in [0.4, 0.5) is 0 Å². The molecule has 0 saturated heterocycles. The van der Waals surface area contributed by atoms with Crippen LogP contribution in [0.15, 0.2) is 36.5 Å². The van der Waals surface area contributed by atoms with Crippen molar-refractivity contribution in [2.75, 3.05) is 6.54 Å². The average Bonchev–Trinajstić information content (AvgIpc) is 3.10. The minimum absolute atomic E-state index is 0.0204. The number of carbonyl (C=O) groups is 1. The summed E-state index contributed by atoms with van der Waals surface area (Å²) in [7, 11) is 0. The third kappa shape index (κ3) is 4.75. The van der Waals surface area contributed by atoms with E-state index in [9.17, 15) is 4.79 Å². The van der Waals surface area contributed by atoms with E-state index >= 15 is 0 Å². The van der Waals surface area contributed by atoms with Crippen molar-refractivity contribution in [3.05, 3.63) is 64.5 Å². The van der Waals surface area contributed by atoms with Crippen LogP contribution in [0.25, 0.3) is 0 Å². The fraction of sp³-hybridized carbons (Fsp3) is 0.538. The van der Waals surface area contributed by atoms with Crippen molar-refractivity contribution in [2.45, 2.75) is 72.0 Å². The Labute approximate surface area is 181 Å². The fourth-order valence-corrected chi connectivity index (χ4v) is 5.12. The lowest BCUT2D eigenvalue weighted by Gasteiger charge is -2.32. The zero-order valence-electron chi connectivity index (χ0n) is 18.7. The average molecular weight is 406 g/mol. The van der Waals surface area contributed by atoms with Crippen molar-refractivity contribution in [1.82, 2.24) is 15.2 Å². The van der Waals surface area contributed by atoms with Gasteiger partial charge in [-0.3, -0.25) is 14.7 Å². The van der Waals surface area contributed by atoms with E-state index in [1.165, 1.54) is 43.4 Å². The van der Waals surface area contributed by atoms with E-state index in [4.69, 9.17) is 0 Å². The van der Waals surface area contributed by atoms with Crippen LogP contribution in [0.1, 0.15) is 84.7 Å². The number of nitrogens with one attached hydrogen (secondary N) is 1. The number of benzene rings is 1. The lowest BCUT2D eigenvalue weighted by atomic mass is 9.82. The molecule has 4 heteroatoms. The van der Waals surface area contributed by atoms with Gasteiger partial charge in [0.05, 0.1) is 12.2 Å². The number of aryl methyl sites for hydroxylation is 1. The molecule has 160 valence electrons. The molecule has 2 aliphatic rings. The zero-order valence-corrected chi connectivity index (χ0v) is 18.7. The summed E-state index contributed by atoms with van der Waals surface area (Å²) in [6, 6.07) is 10.8. The number of fused-ring (bicyclic) bond motifs is 1. The molecule has 0 unspecified atom stereocenters. The van der Waals surface area contributed by atoms with E-state index in [-0.39, 0.29) is 5.91 Å². The summed E-state index contributed by atoms with van der Waals surface area (Å²) in [5, 5.41) is 3.02. The summed E-state index contributed by atoms with van der Waals surface area (Å²) in [5.41, 5.74) is 5.50. The first-order chi connectivity index (χ1) is 14.5. The van der Waals surface area contributed by atoms with Crippen molar-refractivity contribution in [3.8, 4) is 0 Å². The summed E-state index contributed by atoms with van der Waals surface area (Å²) >= 11 is 0. The lowest BCUT2D eigenvalue weighted by molar-refractivity contribution is 0.0950. The van der Waals surface area contributed by atoms with E-state index in [1.54, 1.807) is 0 Å². The highest BCUT2D eigenvalue weighted by Gasteiger charge is 2.31. The third-order valence-electron chi connectivity index (χ3n) is 7.00. The number of amides is 1. The third-order valence-corrected chi connectivity index (χ3v) is 7.00. The molecule has 1 aromatic carbocycles. The van der Waals surface area contributed by atoms with Gasteiger partial charge in [0.2, 0.25) is 0 Å². The standard InChI is InChI=1S/C26H35N3O/c1-4-25-24-12-10-21(26(30)28-15-23-11-7-19(3)14-27-23)13-22(24)17-29(25)16-20-8-5-18(2)6-9-20/h7,10-14,18,20,25H,4-6,8-9,15-17H2,1-3H3,(H,28,30)/t18?,20?,25-/m0/s1. The van der Waals surface area contributed by atoms with Crippen molar-refractivity contribution in [3.63, 3.8) is 0 Å². The van der Waals surface area contributed by atoms with Gasteiger partial charge in [0, 0.05) is 30.9 Å². The van der Waals surface area contributed by atoms with E-state index in [2.05, 4.69) is 41.2 Å². The van der Waals surface area contributed by atoms with Gasteiger partial charge in [0.15, 0.2) is 0 Å². The number of hydrogen-bond acceptors (Lipinski definition) is 3. The molecule has 1 saturated carbocycles. The number of carbonyl (C=O) groups excluding carboxylic acids is 1. The van der Waals surface area contributed by atoms with Crippen LogP contribution in [0.5, 0.6) is 0 Å². The Bertz CT molecular complexity index is 868. The summed E-state index contributed by atoms with van der Waals surface area (Å²) in [5.74, 6) is 1.71. The largest absolute Gasteiger partial charge is 0.346 e. The normalized spacial score (nSPS) is 23.9. The molecule has 1 fully saturated rings. The molecule has 1 aliphatic heterocycles. The molecule has 1 aliphatic carbocycles. The predicted molar refractivity (Wildman–Crippen MR) is 121 cm³/mol. The van der Waals surface area contributed by atoms with Gasteiger partial charge < -0.3 is 5.32 Å². The van der Waals surface area contributed by atoms with Gasteiger partial charge in [-0.25, -0.2) is 0 Å². The van der Waals surface area contributed by atoms with Crippen molar-refractivity contribution in [1.29, 1.82) is 0 Å². The topological polar surface area (TPSA) is 45.2 Å². The number of hydrogen-bond donors (Lipinski definition) is 1. The first-order valence-electron chi connectivity index (χ1n) is 11.6. The predicted octanol–water partition coefficient (Wildman–Crippen LogP) is 5.41. The van der Waals surface area contributed by atoms with Crippen LogP contribution in [0.3, 0.4) is 0 Å². The van der Waals surface area contributed by atoms with E-state index < -0.39 is 0 Å². The smallest absolute Gasteiger partial charge is 0.251 e. The van der Waals surface area contributed by atoms with Gasteiger partial charge in [-0.05, 0) is 72.9 Å². The SMILES string of the molecule is CC[C@H]1c2ccc(C(=O)NCc3ccc(C)cn3)cc2CN1CC1CCC(C)CC1. The molecule has 0 radical (unpaired) electrons. The molecule has 1 aromatic heterocycles. The minimum atomic E-state index is -0.0204. The first kappa shape index (κ1) is 21.0. The van der Waals surface area contributed by atoms with Gasteiger partial charge in [-0.2, -0.15) is 0 Å². The molecule has 1 atom stereocenters. The maximum Gasteiger partial charge on any atom is 0.251 e. The van der Waals surface area contributed by atoms with Crippen molar-refractivity contribution >= 4 is 5.91 Å². The monoisotopic (exact) mass is 405 g/mol. The maximum atomic E-state index is 12.7. The maximum absolute atomic E-state index is 12.7. The molecule has 4 rings (SSSR count). The van der Waals surface area contributed by atoms with Crippen LogP contribution in [-0.2, 0) is 13.1 Å². The number of rotatable bonds is 6. The van der Waals surface area contributed by atoms with E-state index in [0.29, 0.717) is 12.6 Å². The molecule has 1 N–H and O–H groups in total. The quantitative estimate of drug-likeness (QED) is 0.699. The molecule has 0 bridgehead atoms. The van der Waals surface area contributed by atoms with E-state index in [1.807, 2.05) is 31.3 Å². The summed E-state index contributed by atoms with van der Waals surface area (Å²) in [6.07, 6.45) is 8.45.